The van der Waals surface area contributed by atoms with Crippen LogP contribution >= 0.6 is 11.6 Å². The molecule has 0 aliphatic carbocycles. The number of carboxylic acids is 1. The molecule has 0 aromatic heterocycles. The van der Waals surface area contributed by atoms with Gasteiger partial charge in [-0.15, -0.1) is 0 Å². The van der Waals surface area contributed by atoms with Crippen molar-refractivity contribution >= 4 is 34.9 Å². The predicted octanol–water partition coefficient (Wildman–Crippen LogP) is 4.51. The van der Waals surface area contributed by atoms with Crippen molar-refractivity contribution in [2.45, 2.75) is 6.54 Å². The van der Waals surface area contributed by atoms with Crippen molar-refractivity contribution in [1.29, 1.82) is 0 Å². The van der Waals surface area contributed by atoms with Gasteiger partial charge in [0, 0.05) is 48.6 Å². The quantitative estimate of drug-likeness (QED) is 0.462. The number of para-hydroxylation sites is 1. The van der Waals surface area contributed by atoms with Crippen molar-refractivity contribution < 1.29 is 33.3 Å². The molecule has 218 valence electrons. The Labute approximate surface area is 246 Å². The number of hydrogen-bond acceptors (Lipinski definition) is 7. The van der Waals surface area contributed by atoms with E-state index in [1.807, 2.05) is 23.1 Å². The number of halogens is 2. The van der Waals surface area contributed by atoms with Gasteiger partial charge in [0.05, 0.1) is 60.2 Å². The fourth-order valence-corrected chi connectivity index (χ4v) is 6.44. The summed E-state index contributed by atoms with van der Waals surface area (Å²) in [4.78, 5) is 31.1. The lowest BCUT2D eigenvalue weighted by atomic mass is 9.78. The van der Waals surface area contributed by atoms with Crippen molar-refractivity contribution in [3.05, 3.63) is 76.1 Å². The lowest BCUT2D eigenvalue weighted by Gasteiger charge is -2.56. The van der Waals surface area contributed by atoms with Gasteiger partial charge < -0.3 is 34.0 Å². The number of amides is 1. The molecule has 4 aliphatic heterocycles. The number of ether oxygens (including phenoxy) is 3. The van der Waals surface area contributed by atoms with E-state index in [-0.39, 0.29) is 35.7 Å². The summed E-state index contributed by atoms with van der Waals surface area (Å²) in [6.07, 6.45) is 0. The second-order valence-electron chi connectivity index (χ2n) is 11.3. The predicted molar refractivity (Wildman–Crippen MR) is 154 cm³/mol. The molecule has 3 saturated heterocycles. The number of morpholine rings is 1. The molecular formula is C31H29ClFN3O6. The van der Waals surface area contributed by atoms with E-state index in [2.05, 4.69) is 4.90 Å². The molecule has 0 saturated carbocycles. The zero-order chi connectivity index (χ0) is 29.0. The maximum atomic E-state index is 15.4. The zero-order valence-corrected chi connectivity index (χ0v) is 23.5. The Balaban J connectivity index is 1.13. The normalized spacial score (nSPS) is 19.0. The Bertz CT molecular complexity index is 1580. The summed E-state index contributed by atoms with van der Waals surface area (Å²) in [5.41, 5.74) is 3.40. The van der Waals surface area contributed by atoms with Crippen LogP contribution in [0.1, 0.15) is 26.3 Å². The minimum absolute atomic E-state index is 0.0410. The van der Waals surface area contributed by atoms with Gasteiger partial charge in [-0.1, -0.05) is 29.8 Å². The summed E-state index contributed by atoms with van der Waals surface area (Å²) in [5.74, 6) is -1.66. The van der Waals surface area contributed by atoms with Crippen LogP contribution in [0.2, 0.25) is 5.02 Å². The number of carbonyl (C=O) groups excluding carboxylic acids is 1. The summed E-state index contributed by atoms with van der Waals surface area (Å²) in [6, 6.07) is 13.5. The first-order valence-electron chi connectivity index (χ1n) is 13.9. The van der Waals surface area contributed by atoms with Crippen LogP contribution in [0, 0.1) is 11.2 Å². The van der Waals surface area contributed by atoms with Crippen molar-refractivity contribution in [2.24, 2.45) is 5.41 Å². The monoisotopic (exact) mass is 593 g/mol. The standard InChI is InChI=1S/C31H29ClFN3O6/c32-25-10-20(36-14-31(15-36)16-41-17-31)4-5-22(25)29(37)35-13-19-2-1-3-21(28(19)42-18-35)23-12-27(34-6-8-40-9-7-34)24(30(38)39)11-26(23)33/h1-5,10-12H,6-9,13-18H2,(H,38,39). The van der Waals surface area contributed by atoms with Gasteiger partial charge in [-0.05, 0) is 30.3 Å². The molecule has 9 nitrogen and oxygen atoms in total. The molecule has 1 amide bonds. The maximum absolute atomic E-state index is 15.4. The highest BCUT2D eigenvalue weighted by molar-refractivity contribution is 6.34. The van der Waals surface area contributed by atoms with Crippen LogP contribution in [0.5, 0.6) is 5.75 Å². The molecule has 3 aromatic rings. The average Bonchev–Trinajstić information content (AvgIpc) is 2.95. The second kappa shape index (κ2) is 10.4. The van der Waals surface area contributed by atoms with Crippen LogP contribution < -0.4 is 14.5 Å². The number of carboxylic acid groups (broad SMARTS) is 1. The number of nitrogens with zero attached hydrogens (tertiary/aromatic N) is 3. The van der Waals surface area contributed by atoms with E-state index in [4.69, 9.17) is 25.8 Å². The van der Waals surface area contributed by atoms with Gasteiger partial charge in [0.2, 0.25) is 0 Å². The first-order chi connectivity index (χ1) is 20.3. The van der Waals surface area contributed by atoms with Crippen molar-refractivity contribution in [2.75, 3.05) is 69.1 Å². The molecule has 0 atom stereocenters. The topological polar surface area (TPSA) is 91.8 Å². The third-order valence-electron chi connectivity index (χ3n) is 8.48. The summed E-state index contributed by atoms with van der Waals surface area (Å²) in [5, 5.41) is 10.1. The fourth-order valence-electron chi connectivity index (χ4n) is 6.19. The number of aromatic carboxylic acids is 1. The van der Waals surface area contributed by atoms with E-state index in [1.54, 1.807) is 29.2 Å². The SMILES string of the molecule is O=C(O)c1cc(F)c(-c2cccc3c2OCN(C(=O)c2ccc(N4CC5(COC5)C4)cc2Cl)C3)cc1N1CCOCC1. The number of hydrogen-bond donors (Lipinski definition) is 1. The summed E-state index contributed by atoms with van der Waals surface area (Å²) in [7, 11) is 0. The fraction of sp³-hybridized carbons (Fsp3) is 0.355. The van der Waals surface area contributed by atoms with E-state index >= 15 is 4.39 Å². The number of anilines is 2. The molecule has 0 radical (unpaired) electrons. The summed E-state index contributed by atoms with van der Waals surface area (Å²) in [6.45, 7) is 5.56. The molecule has 4 heterocycles. The van der Waals surface area contributed by atoms with Crippen LogP contribution in [0.4, 0.5) is 15.8 Å². The van der Waals surface area contributed by atoms with Crippen LogP contribution in [0.3, 0.4) is 0 Å². The molecular weight excluding hydrogens is 565 g/mol. The van der Waals surface area contributed by atoms with Crippen LogP contribution in [-0.2, 0) is 16.0 Å². The smallest absolute Gasteiger partial charge is 0.337 e. The summed E-state index contributed by atoms with van der Waals surface area (Å²) < 4.78 is 32.3. The number of benzene rings is 3. The van der Waals surface area contributed by atoms with Crippen molar-refractivity contribution in [3.63, 3.8) is 0 Å². The lowest BCUT2D eigenvalue weighted by Crippen LogP contribution is -2.66. The third kappa shape index (κ3) is 4.63. The Kier molecular flexibility index (Phi) is 6.72. The highest BCUT2D eigenvalue weighted by Gasteiger charge is 2.49. The Morgan fingerprint density at radius 3 is 2.40 bits per heavy atom. The highest BCUT2D eigenvalue weighted by Crippen LogP contribution is 2.42. The van der Waals surface area contributed by atoms with Crippen molar-refractivity contribution in [3.8, 4) is 16.9 Å². The van der Waals surface area contributed by atoms with Gasteiger partial charge in [0.1, 0.15) is 11.6 Å². The van der Waals surface area contributed by atoms with E-state index < -0.39 is 11.8 Å². The first kappa shape index (κ1) is 27.0. The molecule has 3 fully saturated rings. The number of fused-ring (bicyclic) bond motifs is 1. The van der Waals surface area contributed by atoms with Gasteiger partial charge in [-0.3, -0.25) is 4.79 Å². The summed E-state index contributed by atoms with van der Waals surface area (Å²) >= 11 is 6.59. The molecule has 4 aliphatic rings. The van der Waals surface area contributed by atoms with Crippen LogP contribution in [-0.4, -0.2) is 81.2 Å². The second-order valence-corrected chi connectivity index (χ2v) is 11.7. The average molecular weight is 594 g/mol. The van der Waals surface area contributed by atoms with E-state index in [9.17, 15) is 14.7 Å². The van der Waals surface area contributed by atoms with E-state index in [0.29, 0.717) is 59.5 Å². The van der Waals surface area contributed by atoms with Gasteiger partial charge in [-0.25, -0.2) is 9.18 Å². The van der Waals surface area contributed by atoms with Crippen LogP contribution in [0.15, 0.2) is 48.5 Å². The van der Waals surface area contributed by atoms with Gasteiger partial charge in [0.25, 0.3) is 5.91 Å². The van der Waals surface area contributed by atoms with Gasteiger partial charge in [-0.2, -0.15) is 0 Å². The third-order valence-corrected chi connectivity index (χ3v) is 8.80. The first-order valence-corrected chi connectivity index (χ1v) is 14.3. The molecule has 7 rings (SSSR count). The van der Waals surface area contributed by atoms with Gasteiger partial charge in [0.15, 0.2) is 6.73 Å². The molecule has 11 heteroatoms. The number of rotatable bonds is 5. The lowest BCUT2D eigenvalue weighted by molar-refractivity contribution is -0.127. The highest BCUT2D eigenvalue weighted by atomic mass is 35.5. The Morgan fingerprint density at radius 1 is 0.929 bits per heavy atom. The molecule has 42 heavy (non-hydrogen) atoms. The molecule has 1 N–H and O–H groups in total. The number of carbonyl (C=O) groups is 2. The van der Waals surface area contributed by atoms with E-state index in [0.717, 1.165) is 38.1 Å². The van der Waals surface area contributed by atoms with Crippen LogP contribution in [0.25, 0.3) is 11.1 Å². The van der Waals surface area contributed by atoms with Gasteiger partial charge >= 0.3 is 5.97 Å². The minimum atomic E-state index is -1.20. The zero-order valence-electron chi connectivity index (χ0n) is 22.8. The molecule has 1 spiro atoms. The molecule has 0 bridgehead atoms. The molecule has 0 unspecified atom stereocenters. The Hall–Kier alpha value is -3.86. The maximum Gasteiger partial charge on any atom is 0.337 e. The molecule has 3 aromatic carbocycles. The Morgan fingerprint density at radius 2 is 1.71 bits per heavy atom. The minimum Gasteiger partial charge on any atom is -0.478 e. The largest absolute Gasteiger partial charge is 0.478 e. The van der Waals surface area contributed by atoms with Crippen molar-refractivity contribution in [1.82, 2.24) is 4.90 Å². The van der Waals surface area contributed by atoms with E-state index in [1.165, 1.54) is 0 Å².